The Labute approximate surface area is 124 Å². The van der Waals surface area contributed by atoms with Gasteiger partial charge in [-0.1, -0.05) is 0 Å². The Morgan fingerprint density at radius 3 is 2.35 bits per heavy atom. The van der Waals surface area contributed by atoms with Crippen LogP contribution in [0.5, 0.6) is 0 Å². The lowest BCUT2D eigenvalue weighted by Crippen LogP contribution is -2.57. The first-order valence-electron chi connectivity index (χ1n) is 7.84. The number of amides is 2. The van der Waals surface area contributed by atoms with Gasteiger partial charge in [-0.3, -0.25) is 9.59 Å². The molecule has 1 saturated heterocycles. The Bertz CT molecular complexity index is 412. The van der Waals surface area contributed by atoms with Crippen molar-refractivity contribution in [1.29, 1.82) is 0 Å². The van der Waals surface area contributed by atoms with Gasteiger partial charge in [0.05, 0.1) is 11.6 Å². The van der Waals surface area contributed by atoms with E-state index in [1.54, 1.807) is 16.7 Å². The summed E-state index contributed by atoms with van der Waals surface area (Å²) in [5, 5.41) is 3.27. The maximum Gasteiger partial charge on any atom is 0.239 e. The quantitative estimate of drug-likeness (QED) is 0.857. The third kappa shape index (κ3) is 2.24. The number of carbonyl (C=O) groups is 2. The van der Waals surface area contributed by atoms with Crippen molar-refractivity contribution in [3.8, 4) is 0 Å². The highest BCUT2D eigenvalue weighted by atomic mass is 32.2. The first-order chi connectivity index (χ1) is 9.69. The molecule has 4 aliphatic carbocycles. The summed E-state index contributed by atoms with van der Waals surface area (Å²) in [5.41, 5.74) is 0. The summed E-state index contributed by atoms with van der Waals surface area (Å²) in [4.78, 5) is 25.5. The molecule has 4 saturated carbocycles. The molecule has 0 radical (unpaired) electrons. The highest BCUT2D eigenvalue weighted by Crippen LogP contribution is 2.53. The Morgan fingerprint density at radius 2 is 1.80 bits per heavy atom. The fourth-order valence-electron chi connectivity index (χ4n) is 5.11. The molecule has 1 N–H and O–H groups in total. The van der Waals surface area contributed by atoms with Crippen molar-refractivity contribution >= 4 is 23.6 Å². The van der Waals surface area contributed by atoms with Crippen LogP contribution in [0.1, 0.15) is 32.1 Å². The average molecular weight is 294 g/mol. The van der Waals surface area contributed by atoms with E-state index in [0.29, 0.717) is 29.5 Å². The van der Waals surface area contributed by atoms with E-state index < -0.39 is 0 Å². The van der Waals surface area contributed by atoms with Crippen molar-refractivity contribution in [2.75, 3.05) is 18.2 Å². The van der Waals surface area contributed by atoms with Crippen LogP contribution < -0.4 is 5.32 Å². The van der Waals surface area contributed by atoms with Crippen LogP contribution in [0.2, 0.25) is 0 Å². The van der Waals surface area contributed by atoms with Crippen LogP contribution in [-0.2, 0) is 9.59 Å². The Kier molecular flexibility index (Phi) is 3.20. The molecule has 0 aromatic carbocycles. The first kappa shape index (κ1) is 13.0. The minimum absolute atomic E-state index is 0.0540. The van der Waals surface area contributed by atoms with E-state index in [4.69, 9.17) is 0 Å². The molecule has 5 fully saturated rings. The monoisotopic (exact) mass is 294 g/mol. The maximum absolute atomic E-state index is 12.2. The van der Waals surface area contributed by atoms with Crippen molar-refractivity contribution in [3.05, 3.63) is 0 Å². The van der Waals surface area contributed by atoms with Gasteiger partial charge < -0.3 is 10.2 Å². The third-order valence-electron chi connectivity index (χ3n) is 5.71. The highest BCUT2D eigenvalue weighted by molar-refractivity contribution is 8.00. The summed E-state index contributed by atoms with van der Waals surface area (Å²) < 4.78 is 0. The molecule has 0 spiro atoms. The maximum atomic E-state index is 12.2. The largest absolute Gasteiger partial charge is 0.351 e. The van der Waals surface area contributed by atoms with Crippen LogP contribution >= 0.6 is 11.8 Å². The van der Waals surface area contributed by atoms with E-state index in [9.17, 15) is 9.59 Å². The molecular weight excluding hydrogens is 272 g/mol. The van der Waals surface area contributed by atoms with Gasteiger partial charge in [-0.15, -0.1) is 11.8 Å². The summed E-state index contributed by atoms with van der Waals surface area (Å²) in [6.45, 7) is 0.259. The fraction of sp³-hybridized carbons (Fsp3) is 0.867. The zero-order chi connectivity index (χ0) is 13.7. The van der Waals surface area contributed by atoms with Crippen molar-refractivity contribution in [2.24, 2.45) is 23.7 Å². The van der Waals surface area contributed by atoms with Crippen LogP contribution in [0.4, 0.5) is 0 Å². The van der Waals surface area contributed by atoms with Crippen LogP contribution in [-0.4, -0.2) is 40.9 Å². The number of rotatable bonds is 3. The molecule has 1 heterocycles. The van der Waals surface area contributed by atoms with Gasteiger partial charge in [0.1, 0.15) is 6.54 Å². The highest BCUT2D eigenvalue weighted by Gasteiger charge is 2.48. The molecule has 5 heteroatoms. The molecule has 4 nitrogen and oxygen atoms in total. The normalized spacial score (nSPS) is 42.3. The Hall–Kier alpha value is -0.710. The lowest BCUT2D eigenvalue weighted by molar-refractivity contribution is -0.134. The molecule has 5 rings (SSSR count). The molecule has 1 aliphatic heterocycles. The van der Waals surface area contributed by atoms with Crippen LogP contribution in [0.15, 0.2) is 0 Å². The van der Waals surface area contributed by atoms with Crippen molar-refractivity contribution in [1.82, 2.24) is 10.2 Å². The zero-order valence-corrected chi connectivity index (χ0v) is 12.5. The van der Waals surface area contributed by atoms with E-state index in [1.807, 2.05) is 0 Å². The molecule has 2 amide bonds. The molecule has 20 heavy (non-hydrogen) atoms. The minimum Gasteiger partial charge on any atom is -0.351 e. The number of nitrogens with one attached hydrogen (secondary N) is 1. The van der Waals surface area contributed by atoms with Crippen molar-refractivity contribution in [3.63, 3.8) is 0 Å². The predicted octanol–water partition coefficient (Wildman–Crippen LogP) is 1.46. The second-order valence-corrected chi connectivity index (χ2v) is 8.05. The average Bonchev–Trinajstić information content (AvgIpc) is 2.79. The molecule has 0 aromatic rings. The van der Waals surface area contributed by atoms with Gasteiger partial charge in [0.2, 0.25) is 11.8 Å². The molecule has 0 atom stereocenters. The van der Waals surface area contributed by atoms with Gasteiger partial charge >= 0.3 is 0 Å². The van der Waals surface area contributed by atoms with Gasteiger partial charge in [0, 0.05) is 6.04 Å². The first-order valence-corrected chi connectivity index (χ1v) is 8.99. The summed E-state index contributed by atoms with van der Waals surface area (Å²) in [6, 6.07) is 0.389. The number of nitrogens with zero attached hydrogens (tertiary/aromatic N) is 1. The van der Waals surface area contributed by atoms with Gasteiger partial charge in [-0.2, -0.15) is 0 Å². The summed E-state index contributed by atoms with van der Waals surface area (Å²) in [5.74, 6) is 4.65. The minimum atomic E-state index is 0.0540. The predicted molar refractivity (Wildman–Crippen MR) is 78.0 cm³/mol. The summed E-state index contributed by atoms with van der Waals surface area (Å²) in [6.07, 6.45) is 6.70. The number of thioether (sulfide) groups is 1. The molecule has 110 valence electrons. The van der Waals surface area contributed by atoms with Crippen LogP contribution in [0, 0.1) is 23.7 Å². The Balaban J connectivity index is 1.37. The second-order valence-electron chi connectivity index (χ2n) is 7.09. The van der Waals surface area contributed by atoms with E-state index in [-0.39, 0.29) is 18.4 Å². The fourth-order valence-corrected chi connectivity index (χ4v) is 6.01. The summed E-state index contributed by atoms with van der Waals surface area (Å²) in [7, 11) is 0. The standard InChI is InChI=1S/C15H22N2O2S/c18-13(6-17-8-20-7-14(17)19)16-15-11-2-9-1-10(4-11)5-12(15)3-9/h9-12,15H,1-8H2,(H,16,18). The van der Waals surface area contributed by atoms with Crippen LogP contribution in [0.25, 0.3) is 0 Å². The van der Waals surface area contributed by atoms with Gasteiger partial charge in [0.25, 0.3) is 0 Å². The number of hydrogen-bond donors (Lipinski definition) is 1. The van der Waals surface area contributed by atoms with Gasteiger partial charge in [-0.05, 0) is 55.8 Å². The van der Waals surface area contributed by atoms with E-state index >= 15 is 0 Å². The van der Waals surface area contributed by atoms with E-state index in [0.717, 1.165) is 11.8 Å². The zero-order valence-electron chi connectivity index (χ0n) is 11.7. The van der Waals surface area contributed by atoms with Gasteiger partial charge in [0.15, 0.2) is 0 Å². The smallest absolute Gasteiger partial charge is 0.239 e. The van der Waals surface area contributed by atoms with Crippen molar-refractivity contribution < 1.29 is 9.59 Å². The molecule has 4 bridgehead atoms. The van der Waals surface area contributed by atoms with E-state index in [2.05, 4.69) is 5.32 Å². The lowest BCUT2D eigenvalue weighted by atomic mass is 9.54. The van der Waals surface area contributed by atoms with E-state index in [1.165, 1.54) is 32.1 Å². The number of hydrogen-bond acceptors (Lipinski definition) is 3. The van der Waals surface area contributed by atoms with Crippen LogP contribution in [0.3, 0.4) is 0 Å². The SMILES string of the molecule is O=C(CN1CSCC1=O)NC1C2CC3CC(C2)CC1C3. The van der Waals surface area contributed by atoms with Gasteiger partial charge in [-0.25, -0.2) is 0 Å². The molecule has 5 aliphatic rings. The lowest BCUT2D eigenvalue weighted by Gasteiger charge is -2.54. The molecule has 0 unspecified atom stereocenters. The molecule has 0 aromatic heterocycles. The topological polar surface area (TPSA) is 49.4 Å². The number of carbonyl (C=O) groups excluding carboxylic acids is 2. The second kappa shape index (κ2) is 4.93. The Morgan fingerprint density at radius 1 is 1.15 bits per heavy atom. The van der Waals surface area contributed by atoms with Crippen molar-refractivity contribution in [2.45, 2.75) is 38.1 Å². The summed E-state index contributed by atoms with van der Waals surface area (Å²) >= 11 is 1.60. The third-order valence-corrected chi connectivity index (χ3v) is 6.66. The molecular formula is C15H22N2O2S.